The zero-order valence-corrected chi connectivity index (χ0v) is 11.5. The molecule has 0 aliphatic carbocycles. The second-order valence-electron chi connectivity index (χ2n) is 5.05. The Hall–Kier alpha value is -2.80. The van der Waals surface area contributed by atoms with Crippen LogP contribution in [0.15, 0.2) is 42.5 Å². The Balaban J connectivity index is 1.76. The summed E-state index contributed by atoms with van der Waals surface area (Å²) in [6.07, 6.45) is 2.14. The first kappa shape index (κ1) is 13.2. The van der Waals surface area contributed by atoms with E-state index in [1.165, 1.54) is 5.56 Å². The van der Waals surface area contributed by atoms with Crippen molar-refractivity contribution in [2.45, 2.75) is 12.8 Å². The summed E-state index contributed by atoms with van der Waals surface area (Å²) in [4.78, 5) is 12.2. The van der Waals surface area contributed by atoms with E-state index in [1.807, 2.05) is 24.3 Å². The van der Waals surface area contributed by atoms with Gasteiger partial charge in [0.1, 0.15) is 0 Å². The maximum atomic E-state index is 12.2. The molecule has 1 aliphatic heterocycles. The molecule has 1 heterocycles. The van der Waals surface area contributed by atoms with Crippen LogP contribution < -0.4 is 10.6 Å². The molecular formula is C17H15N3O. The summed E-state index contributed by atoms with van der Waals surface area (Å²) in [6, 6.07) is 14.6. The third-order valence-electron chi connectivity index (χ3n) is 3.58. The fourth-order valence-electron chi connectivity index (χ4n) is 2.45. The zero-order chi connectivity index (χ0) is 14.7. The van der Waals surface area contributed by atoms with Crippen molar-refractivity contribution < 1.29 is 4.79 Å². The fourth-order valence-corrected chi connectivity index (χ4v) is 2.45. The highest BCUT2D eigenvalue weighted by Crippen LogP contribution is 2.25. The summed E-state index contributed by atoms with van der Waals surface area (Å²) in [6.45, 7) is 1.00. The van der Waals surface area contributed by atoms with Gasteiger partial charge in [-0.1, -0.05) is 0 Å². The Kier molecular flexibility index (Phi) is 3.57. The highest BCUT2D eigenvalue weighted by Gasteiger charge is 2.11. The molecule has 1 amide bonds. The standard InChI is InChI=1S/C17H15N3O/c18-11-12-3-5-13(6-4-12)17(21)20-15-7-8-16-14(10-15)2-1-9-19-16/h3-8,10,19H,1-2,9H2,(H,20,21). The average molecular weight is 277 g/mol. The van der Waals surface area contributed by atoms with E-state index in [2.05, 4.69) is 10.6 Å². The monoisotopic (exact) mass is 277 g/mol. The van der Waals surface area contributed by atoms with Gasteiger partial charge in [0, 0.05) is 23.5 Å². The molecule has 2 N–H and O–H groups in total. The number of benzene rings is 2. The van der Waals surface area contributed by atoms with Crippen molar-refractivity contribution in [1.82, 2.24) is 0 Å². The molecule has 1 aliphatic rings. The first-order valence-electron chi connectivity index (χ1n) is 6.94. The van der Waals surface area contributed by atoms with Gasteiger partial charge in [0.05, 0.1) is 11.6 Å². The molecule has 4 heteroatoms. The number of carbonyl (C=O) groups is 1. The number of nitrogens with zero attached hydrogens (tertiary/aromatic N) is 1. The smallest absolute Gasteiger partial charge is 0.255 e. The molecule has 104 valence electrons. The topological polar surface area (TPSA) is 64.9 Å². The molecular weight excluding hydrogens is 262 g/mol. The van der Waals surface area contributed by atoms with Gasteiger partial charge >= 0.3 is 0 Å². The minimum Gasteiger partial charge on any atom is -0.385 e. The third-order valence-corrected chi connectivity index (χ3v) is 3.58. The first-order valence-corrected chi connectivity index (χ1v) is 6.94. The molecule has 2 aromatic carbocycles. The second-order valence-corrected chi connectivity index (χ2v) is 5.05. The van der Waals surface area contributed by atoms with Gasteiger partial charge < -0.3 is 10.6 Å². The van der Waals surface area contributed by atoms with Gasteiger partial charge in [-0.15, -0.1) is 0 Å². The number of hydrogen-bond acceptors (Lipinski definition) is 3. The van der Waals surface area contributed by atoms with E-state index < -0.39 is 0 Å². The minimum atomic E-state index is -0.164. The van der Waals surface area contributed by atoms with Crippen molar-refractivity contribution in [3.05, 3.63) is 59.2 Å². The lowest BCUT2D eigenvalue weighted by molar-refractivity contribution is 0.102. The molecule has 0 bridgehead atoms. The number of fused-ring (bicyclic) bond motifs is 1. The van der Waals surface area contributed by atoms with Crippen LogP contribution in [-0.2, 0) is 6.42 Å². The number of aryl methyl sites for hydroxylation is 1. The van der Waals surface area contributed by atoms with E-state index in [0.717, 1.165) is 30.8 Å². The summed E-state index contributed by atoms with van der Waals surface area (Å²) in [5.74, 6) is -0.164. The molecule has 0 saturated heterocycles. The largest absolute Gasteiger partial charge is 0.385 e. The minimum absolute atomic E-state index is 0.164. The van der Waals surface area contributed by atoms with Crippen LogP contribution in [0.25, 0.3) is 0 Å². The number of nitriles is 1. The number of hydrogen-bond donors (Lipinski definition) is 2. The van der Waals surface area contributed by atoms with E-state index in [-0.39, 0.29) is 5.91 Å². The Bertz CT molecular complexity index is 714. The molecule has 0 saturated carbocycles. The molecule has 4 nitrogen and oxygen atoms in total. The van der Waals surface area contributed by atoms with Crippen LogP contribution >= 0.6 is 0 Å². The quantitative estimate of drug-likeness (QED) is 0.886. The highest BCUT2D eigenvalue weighted by atomic mass is 16.1. The van der Waals surface area contributed by atoms with Crippen LogP contribution in [0.2, 0.25) is 0 Å². The van der Waals surface area contributed by atoms with E-state index in [4.69, 9.17) is 5.26 Å². The normalized spacial score (nSPS) is 12.7. The number of nitrogens with one attached hydrogen (secondary N) is 2. The van der Waals surface area contributed by atoms with Gasteiger partial charge in [0.2, 0.25) is 0 Å². The summed E-state index contributed by atoms with van der Waals surface area (Å²) in [5.41, 5.74) is 4.28. The predicted molar refractivity (Wildman–Crippen MR) is 82.4 cm³/mol. The number of rotatable bonds is 2. The SMILES string of the molecule is N#Cc1ccc(C(=O)Nc2ccc3c(c2)CCCN3)cc1. The van der Waals surface area contributed by atoms with Gasteiger partial charge in [-0.25, -0.2) is 0 Å². The van der Waals surface area contributed by atoms with E-state index in [1.54, 1.807) is 24.3 Å². The van der Waals surface area contributed by atoms with E-state index in [0.29, 0.717) is 11.1 Å². The summed E-state index contributed by atoms with van der Waals surface area (Å²) >= 11 is 0. The van der Waals surface area contributed by atoms with Gasteiger partial charge in [0.25, 0.3) is 5.91 Å². The summed E-state index contributed by atoms with van der Waals surface area (Å²) in [5, 5.41) is 15.0. The van der Waals surface area contributed by atoms with Crippen molar-refractivity contribution >= 4 is 17.3 Å². The van der Waals surface area contributed by atoms with E-state index >= 15 is 0 Å². The summed E-state index contributed by atoms with van der Waals surface area (Å²) < 4.78 is 0. The van der Waals surface area contributed by atoms with Crippen molar-refractivity contribution in [2.24, 2.45) is 0 Å². The van der Waals surface area contributed by atoms with Gasteiger partial charge in [-0.3, -0.25) is 4.79 Å². The molecule has 0 unspecified atom stereocenters. The number of amides is 1. The zero-order valence-electron chi connectivity index (χ0n) is 11.5. The van der Waals surface area contributed by atoms with Crippen LogP contribution in [-0.4, -0.2) is 12.5 Å². The van der Waals surface area contributed by atoms with Crippen molar-refractivity contribution in [3.63, 3.8) is 0 Å². The highest BCUT2D eigenvalue weighted by molar-refractivity contribution is 6.04. The lowest BCUT2D eigenvalue weighted by Gasteiger charge is -2.18. The molecule has 0 spiro atoms. The maximum absolute atomic E-state index is 12.2. The third kappa shape index (κ3) is 2.87. The Morgan fingerprint density at radius 3 is 2.76 bits per heavy atom. The van der Waals surface area contributed by atoms with Gasteiger partial charge in [0.15, 0.2) is 0 Å². The second kappa shape index (κ2) is 5.68. The average Bonchev–Trinajstić information content (AvgIpc) is 2.55. The van der Waals surface area contributed by atoms with Gasteiger partial charge in [-0.05, 0) is 60.9 Å². The fraction of sp³-hybridized carbons (Fsp3) is 0.176. The molecule has 3 rings (SSSR count). The van der Waals surface area contributed by atoms with Crippen molar-refractivity contribution in [1.29, 1.82) is 5.26 Å². The van der Waals surface area contributed by atoms with Gasteiger partial charge in [-0.2, -0.15) is 5.26 Å². The molecule has 21 heavy (non-hydrogen) atoms. The van der Waals surface area contributed by atoms with E-state index in [9.17, 15) is 4.79 Å². The molecule has 0 radical (unpaired) electrons. The summed E-state index contributed by atoms with van der Waals surface area (Å²) in [7, 11) is 0. The number of anilines is 2. The van der Waals surface area contributed by atoms with Crippen LogP contribution in [0.5, 0.6) is 0 Å². The lowest BCUT2D eigenvalue weighted by atomic mass is 10.0. The molecule has 2 aromatic rings. The Labute approximate surface area is 123 Å². The van der Waals surface area contributed by atoms with Crippen LogP contribution in [0.1, 0.15) is 27.9 Å². The maximum Gasteiger partial charge on any atom is 0.255 e. The van der Waals surface area contributed by atoms with Crippen LogP contribution in [0, 0.1) is 11.3 Å². The van der Waals surface area contributed by atoms with Crippen LogP contribution in [0.4, 0.5) is 11.4 Å². The lowest BCUT2D eigenvalue weighted by Crippen LogP contribution is -2.14. The van der Waals surface area contributed by atoms with Crippen molar-refractivity contribution in [2.75, 3.05) is 17.2 Å². The Morgan fingerprint density at radius 1 is 1.19 bits per heavy atom. The van der Waals surface area contributed by atoms with Crippen LogP contribution in [0.3, 0.4) is 0 Å². The molecule has 0 fully saturated rings. The molecule has 0 atom stereocenters. The van der Waals surface area contributed by atoms with Crippen molar-refractivity contribution in [3.8, 4) is 6.07 Å². The first-order chi connectivity index (χ1) is 10.3. The predicted octanol–water partition coefficient (Wildman–Crippen LogP) is 3.17. The Morgan fingerprint density at radius 2 is 2.00 bits per heavy atom. The molecule has 0 aromatic heterocycles. The number of carbonyl (C=O) groups excluding carboxylic acids is 1.